The first-order chi connectivity index (χ1) is 9.42. The van der Waals surface area contributed by atoms with E-state index in [1.165, 1.54) is 4.57 Å². The fraction of sp³-hybridized carbons (Fsp3) is 0.333. The predicted molar refractivity (Wildman–Crippen MR) is 65.7 cm³/mol. The van der Waals surface area contributed by atoms with Crippen LogP contribution < -0.4 is 5.73 Å². The Labute approximate surface area is 112 Å². The molecule has 0 amide bonds. The normalized spacial score (nSPS) is 11.7. The highest BCUT2D eigenvalue weighted by molar-refractivity contribution is 5.83. The van der Waals surface area contributed by atoms with E-state index in [2.05, 4.69) is 9.72 Å². The van der Waals surface area contributed by atoms with Crippen LogP contribution in [0, 0.1) is 11.3 Å². The van der Waals surface area contributed by atoms with Crippen molar-refractivity contribution >= 4 is 17.0 Å². The zero-order valence-corrected chi connectivity index (χ0v) is 10.3. The highest BCUT2D eigenvalue weighted by atomic mass is 19.4. The Morgan fingerprint density at radius 1 is 1.40 bits per heavy atom. The molecule has 0 fully saturated rings. The fourth-order valence-electron chi connectivity index (χ4n) is 1.83. The van der Waals surface area contributed by atoms with Crippen LogP contribution in [0.1, 0.15) is 5.56 Å². The first kappa shape index (κ1) is 14.1. The molecule has 1 aromatic heterocycles. The molecule has 2 aromatic rings. The molecule has 2 rings (SSSR count). The van der Waals surface area contributed by atoms with Crippen LogP contribution in [0.5, 0.6) is 0 Å². The van der Waals surface area contributed by atoms with Crippen molar-refractivity contribution in [3.8, 4) is 6.07 Å². The molecule has 0 aliphatic heterocycles. The summed E-state index contributed by atoms with van der Waals surface area (Å²) in [5.41, 5.74) is 7.10. The molecule has 2 N–H and O–H groups in total. The molecule has 0 unspecified atom stereocenters. The van der Waals surface area contributed by atoms with Crippen LogP contribution in [0.2, 0.25) is 0 Å². The average molecular weight is 284 g/mol. The van der Waals surface area contributed by atoms with Gasteiger partial charge in [0.05, 0.1) is 17.7 Å². The molecule has 0 saturated heterocycles. The van der Waals surface area contributed by atoms with Gasteiger partial charge in [-0.25, -0.2) is 4.98 Å². The highest BCUT2D eigenvalue weighted by Crippen LogP contribution is 2.21. The van der Waals surface area contributed by atoms with Crippen molar-refractivity contribution in [3.05, 3.63) is 23.8 Å². The lowest BCUT2D eigenvalue weighted by Gasteiger charge is -2.09. The third-order valence-corrected chi connectivity index (χ3v) is 2.65. The Balaban J connectivity index is 2.15. The Hall–Kier alpha value is -2.27. The fourth-order valence-corrected chi connectivity index (χ4v) is 1.83. The van der Waals surface area contributed by atoms with Gasteiger partial charge in [0.1, 0.15) is 18.2 Å². The summed E-state index contributed by atoms with van der Waals surface area (Å²) in [6.07, 6.45) is -4.35. The summed E-state index contributed by atoms with van der Waals surface area (Å²) in [7, 11) is 0. The number of imidazole rings is 1. The number of nitriles is 1. The smallest absolute Gasteiger partial charge is 0.370 e. The molecule has 0 aliphatic carbocycles. The maximum Gasteiger partial charge on any atom is 0.411 e. The molecule has 0 bridgehead atoms. The van der Waals surface area contributed by atoms with Gasteiger partial charge in [-0.3, -0.25) is 0 Å². The minimum Gasteiger partial charge on any atom is -0.370 e. The predicted octanol–water partition coefficient (Wildman–Crippen LogP) is 2.07. The number of aromatic nitrogens is 2. The Morgan fingerprint density at radius 2 is 2.15 bits per heavy atom. The van der Waals surface area contributed by atoms with Crippen molar-refractivity contribution in [1.82, 2.24) is 9.55 Å². The molecule has 8 heteroatoms. The van der Waals surface area contributed by atoms with Gasteiger partial charge in [0, 0.05) is 6.54 Å². The number of nitrogens with two attached hydrogens (primary N) is 1. The maximum absolute atomic E-state index is 11.9. The number of benzene rings is 1. The quantitative estimate of drug-likeness (QED) is 0.872. The van der Waals surface area contributed by atoms with Crippen molar-refractivity contribution in [3.63, 3.8) is 0 Å². The van der Waals surface area contributed by atoms with Crippen molar-refractivity contribution < 1.29 is 17.9 Å². The molecule has 0 radical (unpaired) electrons. The van der Waals surface area contributed by atoms with E-state index in [9.17, 15) is 13.2 Å². The molecule has 0 aliphatic rings. The van der Waals surface area contributed by atoms with Crippen molar-refractivity contribution in [2.45, 2.75) is 12.7 Å². The summed E-state index contributed by atoms with van der Waals surface area (Å²) in [4.78, 5) is 4.05. The topological polar surface area (TPSA) is 76.9 Å². The van der Waals surface area contributed by atoms with E-state index in [0.717, 1.165) is 0 Å². The lowest BCUT2D eigenvalue weighted by Crippen LogP contribution is -2.19. The number of anilines is 1. The van der Waals surface area contributed by atoms with Crippen LogP contribution >= 0.6 is 0 Å². The van der Waals surface area contributed by atoms with Gasteiger partial charge < -0.3 is 15.0 Å². The Kier molecular flexibility index (Phi) is 3.81. The minimum absolute atomic E-state index is 0.132. The van der Waals surface area contributed by atoms with Crippen LogP contribution in [0.3, 0.4) is 0 Å². The second kappa shape index (κ2) is 5.38. The molecule has 1 aromatic carbocycles. The summed E-state index contributed by atoms with van der Waals surface area (Å²) in [6.45, 7) is -1.32. The highest BCUT2D eigenvalue weighted by Gasteiger charge is 2.27. The van der Waals surface area contributed by atoms with Gasteiger partial charge in [-0.05, 0) is 12.1 Å². The van der Waals surface area contributed by atoms with E-state index in [0.29, 0.717) is 16.6 Å². The minimum atomic E-state index is -4.35. The largest absolute Gasteiger partial charge is 0.411 e. The zero-order valence-electron chi connectivity index (χ0n) is 10.3. The number of fused-ring (bicyclic) bond motifs is 1. The first-order valence-electron chi connectivity index (χ1n) is 5.71. The van der Waals surface area contributed by atoms with Gasteiger partial charge in [-0.1, -0.05) is 6.07 Å². The average Bonchev–Trinajstić information content (AvgIpc) is 2.69. The van der Waals surface area contributed by atoms with Crippen molar-refractivity contribution in [1.29, 1.82) is 5.26 Å². The van der Waals surface area contributed by atoms with E-state index < -0.39 is 12.8 Å². The lowest BCUT2D eigenvalue weighted by atomic mass is 10.2. The third-order valence-electron chi connectivity index (χ3n) is 2.65. The standard InChI is InChI=1S/C12H11F3N4O/c13-12(14,15)7-20-5-4-19-9-3-1-2-8(6-16)10(9)18-11(19)17/h1-3H,4-5,7H2,(H2,17,18). The number of alkyl halides is 3. The lowest BCUT2D eigenvalue weighted by molar-refractivity contribution is -0.174. The second-order valence-electron chi connectivity index (χ2n) is 4.07. The van der Waals surface area contributed by atoms with E-state index in [1.54, 1.807) is 18.2 Å². The molecule has 0 saturated carbocycles. The van der Waals surface area contributed by atoms with Crippen LogP contribution in [0.4, 0.5) is 19.1 Å². The Morgan fingerprint density at radius 3 is 2.80 bits per heavy atom. The van der Waals surface area contributed by atoms with Crippen LogP contribution in [-0.4, -0.2) is 28.9 Å². The molecular weight excluding hydrogens is 273 g/mol. The summed E-state index contributed by atoms with van der Waals surface area (Å²) in [5.74, 6) is 0.137. The molecular formula is C12H11F3N4O. The second-order valence-corrected chi connectivity index (χ2v) is 4.07. The monoisotopic (exact) mass is 284 g/mol. The Bertz CT molecular complexity index is 657. The maximum atomic E-state index is 11.9. The van der Waals surface area contributed by atoms with E-state index >= 15 is 0 Å². The van der Waals surface area contributed by atoms with Crippen LogP contribution in [0.25, 0.3) is 11.0 Å². The number of para-hydroxylation sites is 1. The zero-order chi connectivity index (χ0) is 14.8. The van der Waals surface area contributed by atoms with Gasteiger partial charge in [0.25, 0.3) is 0 Å². The number of halogens is 3. The number of nitrogens with zero attached hydrogens (tertiary/aromatic N) is 3. The molecule has 0 spiro atoms. The number of nitrogen functional groups attached to an aromatic ring is 1. The molecule has 20 heavy (non-hydrogen) atoms. The van der Waals surface area contributed by atoms with Gasteiger partial charge >= 0.3 is 6.18 Å². The summed E-state index contributed by atoms with van der Waals surface area (Å²) in [6, 6.07) is 6.94. The number of hydrogen-bond acceptors (Lipinski definition) is 4. The molecule has 1 heterocycles. The number of hydrogen-bond donors (Lipinski definition) is 1. The third kappa shape index (κ3) is 3.00. The van der Waals surface area contributed by atoms with E-state index in [1.807, 2.05) is 6.07 Å². The van der Waals surface area contributed by atoms with Gasteiger partial charge in [0.2, 0.25) is 5.95 Å². The SMILES string of the molecule is N#Cc1cccc2c1nc(N)n2CCOCC(F)(F)F. The van der Waals surface area contributed by atoms with Crippen LogP contribution in [0.15, 0.2) is 18.2 Å². The van der Waals surface area contributed by atoms with Gasteiger partial charge in [-0.15, -0.1) is 0 Å². The van der Waals surface area contributed by atoms with E-state index in [-0.39, 0.29) is 19.1 Å². The van der Waals surface area contributed by atoms with Crippen LogP contribution in [-0.2, 0) is 11.3 Å². The number of ether oxygens (including phenoxy) is 1. The van der Waals surface area contributed by atoms with Crippen molar-refractivity contribution in [2.24, 2.45) is 0 Å². The number of rotatable bonds is 4. The van der Waals surface area contributed by atoms with Gasteiger partial charge in [-0.2, -0.15) is 18.4 Å². The molecule has 0 atom stereocenters. The van der Waals surface area contributed by atoms with E-state index in [4.69, 9.17) is 11.0 Å². The summed E-state index contributed by atoms with van der Waals surface area (Å²) >= 11 is 0. The summed E-state index contributed by atoms with van der Waals surface area (Å²) in [5, 5.41) is 8.95. The molecule has 106 valence electrons. The van der Waals surface area contributed by atoms with Crippen molar-refractivity contribution in [2.75, 3.05) is 18.9 Å². The van der Waals surface area contributed by atoms with Gasteiger partial charge in [0.15, 0.2) is 0 Å². The molecule has 5 nitrogen and oxygen atoms in total. The first-order valence-corrected chi connectivity index (χ1v) is 5.71. The summed E-state index contributed by atoms with van der Waals surface area (Å²) < 4.78 is 41.9.